The van der Waals surface area contributed by atoms with Crippen LogP contribution >= 0.6 is 0 Å². The SMILES string of the molecule is CC[N-]C.CC[N-]C.CC[N-]C.[Hf]. The average Bonchev–Trinajstić information content (AvgIpc) is 2.18. The van der Waals surface area contributed by atoms with Crippen LogP contribution in [0.5, 0.6) is 0 Å². The molecule has 0 radical (unpaired) electrons. The maximum absolute atomic E-state index is 3.74. The molecule has 4 heteroatoms. The summed E-state index contributed by atoms with van der Waals surface area (Å²) in [4.78, 5) is 0. The van der Waals surface area contributed by atoms with Crippen molar-refractivity contribution in [2.45, 2.75) is 20.8 Å². The van der Waals surface area contributed by atoms with Crippen molar-refractivity contribution in [1.82, 2.24) is 0 Å². The molecule has 0 saturated carbocycles. The summed E-state index contributed by atoms with van der Waals surface area (Å²) in [5.41, 5.74) is 0. The van der Waals surface area contributed by atoms with E-state index in [0.717, 1.165) is 19.6 Å². The number of nitrogens with zero attached hydrogens (tertiary/aromatic N) is 3. The van der Waals surface area contributed by atoms with E-state index in [0.29, 0.717) is 0 Å². The van der Waals surface area contributed by atoms with Gasteiger partial charge in [0, 0.05) is 25.8 Å². The van der Waals surface area contributed by atoms with Crippen molar-refractivity contribution in [3.63, 3.8) is 0 Å². The minimum Gasteiger partial charge on any atom is -0.665 e. The zero-order chi connectivity index (χ0) is 10.2. The van der Waals surface area contributed by atoms with Gasteiger partial charge in [-0.25, -0.2) is 0 Å². The molecule has 0 aromatic heterocycles. The molecule has 0 atom stereocenters. The van der Waals surface area contributed by atoms with Crippen LogP contribution in [0.4, 0.5) is 0 Å². The smallest absolute Gasteiger partial charge is 0 e. The predicted molar refractivity (Wildman–Crippen MR) is 59.5 cm³/mol. The molecule has 0 bridgehead atoms. The van der Waals surface area contributed by atoms with Gasteiger partial charge in [0.05, 0.1) is 0 Å². The van der Waals surface area contributed by atoms with E-state index in [9.17, 15) is 0 Å². The quantitative estimate of drug-likeness (QED) is 0.701. The van der Waals surface area contributed by atoms with Crippen LogP contribution in [0, 0.1) is 0 Å². The molecule has 0 fully saturated rings. The molecule has 0 aliphatic carbocycles. The first-order chi connectivity index (χ1) is 5.74. The van der Waals surface area contributed by atoms with Gasteiger partial charge in [-0.1, -0.05) is 20.8 Å². The van der Waals surface area contributed by atoms with Crippen LogP contribution in [0.15, 0.2) is 0 Å². The summed E-state index contributed by atoms with van der Waals surface area (Å²) in [6.45, 7) is 8.88. The van der Waals surface area contributed by atoms with Gasteiger partial charge in [-0.15, -0.1) is 0 Å². The Morgan fingerprint density at radius 3 is 0.692 bits per heavy atom. The fraction of sp³-hybridized carbons (Fsp3) is 1.00. The van der Waals surface area contributed by atoms with Gasteiger partial charge < -0.3 is 16.0 Å². The molecule has 0 aliphatic heterocycles. The van der Waals surface area contributed by atoms with Gasteiger partial charge in [-0.05, 0) is 0 Å². The second-order valence-corrected chi connectivity index (χ2v) is 1.90. The molecule has 0 N–H and O–H groups in total. The Balaban J connectivity index is -0.0000000450. The van der Waals surface area contributed by atoms with Gasteiger partial charge in [0.25, 0.3) is 0 Å². The van der Waals surface area contributed by atoms with E-state index in [1.807, 2.05) is 20.8 Å². The standard InChI is InChI=1S/3C3H8N.Hf/c3*1-3-4-2;/h3*3H2,1-2H3;/q3*-1;. The Bertz CT molecular complexity index is 30.3. The molecule has 0 aromatic rings. The first-order valence-electron chi connectivity index (χ1n) is 4.41. The van der Waals surface area contributed by atoms with E-state index >= 15 is 0 Å². The maximum Gasteiger partial charge on any atom is 0 e. The molecule has 0 heterocycles. The normalized spacial score (nSPS) is 6.92. The van der Waals surface area contributed by atoms with E-state index in [1.165, 1.54) is 0 Å². The van der Waals surface area contributed by atoms with Crippen LogP contribution in [-0.4, -0.2) is 40.8 Å². The van der Waals surface area contributed by atoms with Gasteiger partial charge >= 0.3 is 0 Å². The molecular weight excluding hydrogens is 329 g/mol. The Morgan fingerprint density at radius 2 is 0.692 bits per heavy atom. The molecule has 0 rings (SSSR count). The van der Waals surface area contributed by atoms with Crippen molar-refractivity contribution in [2.75, 3.05) is 40.8 Å². The summed E-state index contributed by atoms with van der Waals surface area (Å²) in [5.74, 6) is 0. The third-order valence-electron chi connectivity index (χ3n) is 0.949. The van der Waals surface area contributed by atoms with Crippen molar-refractivity contribution in [2.24, 2.45) is 0 Å². The van der Waals surface area contributed by atoms with Crippen molar-refractivity contribution in [1.29, 1.82) is 0 Å². The maximum atomic E-state index is 3.74. The molecule has 82 valence electrons. The van der Waals surface area contributed by atoms with Crippen molar-refractivity contribution < 1.29 is 25.8 Å². The number of hydrogen-bond acceptors (Lipinski definition) is 0. The zero-order valence-electron chi connectivity index (χ0n) is 9.96. The predicted octanol–water partition coefficient (Wildman–Crippen LogP) is 3.03. The van der Waals surface area contributed by atoms with Gasteiger partial charge in [-0.2, -0.15) is 40.8 Å². The minimum absolute atomic E-state index is 0. The topological polar surface area (TPSA) is 42.3 Å². The van der Waals surface area contributed by atoms with Crippen LogP contribution in [-0.2, 0) is 25.8 Å². The van der Waals surface area contributed by atoms with E-state index in [4.69, 9.17) is 0 Å². The van der Waals surface area contributed by atoms with E-state index in [-0.39, 0.29) is 25.8 Å². The fourth-order valence-corrected chi connectivity index (χ4v) is 0. The molecule has 3 nitrogen and oxygen atoms in total. The molecule has 0 aliphatic rings. The third kappa shape index (κ3) is 105. The van der Waals surface area contributed by atoms with Gasteiger partial charge in [0.15, 0.2) is 0 Å². The first-order valence-corrected chi connectivity index (χ1v) is 4.41. The number of rotatable bonds is 3. The van der Waals surface area contributed by atoms with E-state index < -0.39 is 0 Å². The van der Waals surface area contributed by atoms with Crippen LogP contribution in [0.2, 0.25) is 0 Å². The molecule has 0 amide bonds. The van der Waals surface area contributed by atoms with Crippen LogP contribution in [0.3, 0.4) is 0 Å². The van der Waals surface area contributed by atoms with Crippen LogP contribution in [0.25, 0.3) is 16.0 Å². The molecule has 0 aromatic carbocycles. The molecule has 0 saturated heterocycles. The summed E-state index contributed by atoms with van der Waals surface area (Å²) in [6.07, 6.45) is 0. The monoisotopic (exact) mass is 354 g/mol. The fourth-order valence-electron chi connectivity index (χ4n) is 0. The molecule has 13 heavy (non-hydrogen) atoms. The minimum atomic E-state index is 0. The molecular formula is C9H24HfN3-3. The Morgan fingerprint density at radius 1 is 0.615 bits per heavy atom. The Labute approximate surface area is 103 Å². The van der Waals surface area contributed by atoms with Gasteiger partial charge in [0.1, 0.15) is 0 Å². The van der Waals surface area contributed by atoms with Gasteiger partial charge in [-0.3, -0.25) is 0 Å². The summed E-state index contributed by atoms with van der Waals surface area (Å²) in [6, 6.07) is 0. The van der Waals surface area contributed by atoms with Crippen molar-refractivity contribution >= 4 is 0 Å². The molecule has 0 unspecified atom stereocenters. The van der Waals surface area contributed by atoms with Crippen LogP contribution < -0.4 is 0 Å². The summed E-state index contributed by atoms with van der Waals surface area (Å²) in [7, 11) is 5.42. The van der Waals surface area contributed by atoms with Crippen molar-refractivity contribution in [3.8, 4) is 0 Å². The third-order valence-corrected chi connectivity index (χ3v) is 0.949. The van der Waals surface area contributed by atoms with Crippen LogP contribution in [0.1, 0.15) is 20.8 Å². The largest absolute Gasteiger partial charge is 0.665 e. The van der Waals surface area contributed by atoms with Gasteiger partial charge in [0.2, 0.25) is 0 Å². The zero-order valence-corrected chi connectivity index (χ0v) is 13.6. The first kappa shape index (κ1) is 23.5. The Hall–Kier alpha value is 0.750. The van der Waals surface area contributed by atoms with E-state index in [1.54, 1.807) is 21.1 Å². The van der Waals surface area contributed by atoms with Crippen molar-refractivity contribution in [3.05, 3.63) is 16.0 Å². The summed E-state index contributed by atoms with van der Waals surface area (Å²) < 4.78 is 0. The summed E-state index contributed by atoms with van der Waals surface area (Å²) in [5, 5.41) is 11.2. The second-order valence-electron chi connectivity index (χ2n) is 1.90. The number of hydrogen-bond donors (Lipinski definition) is 0. The second kappa shape index (κ2) is 38.6. The molecule has 0 spiro atoms. The Kier molecular flexibility index (Phi) is 69.9. The summed E-state index contributed by atoms with van der Waals surface area (Å²) >= 11 is 0. The average molecular weight is 353 g/mol. The van der Waals surface area contributed by atoms with E-state index in [2.05, 4.69) is 16.0 Å².